The Hall–Kier alpha value is -4.55. The summed E-state index contributed by atoms with van der Waals surface area (Å²) in [5, 5.41) is 9.85. The standard InChI is InChI=1S/C38H45Cl2N7O5/c1-5-31(48)42-26-13-9-10-22(16-26)20-47-36-25(21-46(38(47)50)35-33(39)29(51-3)18-30(52-4)34(35)40)19-41-37(45-36)44-28-17-24(23-11-7-8-12-23)14-15-27(28)43-32(49)6-2/h6,9-10,13,16,18-19,23-24,27-28H,2,5,7-8,11-12,14-15,17,20-21H2,1,3-4H3,(H,42,48)(H,43,49)(H,41,44,45). The van der Waals surface area contributed by atoms with Crippen molar-refractivity contribution in [3.63, 3.8) is 0 Å². The molecule has 14 heteroatoms. The summed E-state index contributed by atoms with van der Waals surface area (Å²) in [5.74, 6) is 2.22. The van der Waals surface area contributed by atoms with Crippen molar-refractivity contribution in [3.05, 3.63) is 70.4 Å². The van der Waals surface area contributed by atoms with Gasteiger partial charge in [0.15, 0.2) is 0 Å². The van der Waals surface area contributed by atoms with Crippen LogP contribution in [0.1, 0.15) is 69.4 Å². The molecule has 3 unspecified atom stereocenters. The molecule has 3 N–H and O–H groups in total. The van der Waals surface area contributed by atoms with Crippen molar-refractivity contribution in [2.75, 3.05) is 34.7 Å². The zero-order chi connectivity index (χ0) is 36.9. The minimum atomic E-state index is -0.436. The number of fused-ring (bicyclic) bond motifs is 1. The summed E-state index contributed by atoms with van der Waals surface area (Å²) < 4.78 is 11.0. The number of halogens is 2. The van der Waals surface area contributed by atoms with Crippen molar-refractivity contribution in [1.82, 2.24) is 15.3 Å². The van der Waals surface area contributed by atoms with E-state index in [-0.39, 0.29) is 52.7 Å². The predicted molar refractivity (Wildman–Crippen MR) is 204 cm³/mol. The fraction of sp³-hybridized carbons (Fsp3) is 0.447. The highest BCUT2D eigenvalue weighted by atomic mass is 35.5. The molecule has 2 heterocycles. The molecule has 0 bridgehead atoms. The Kier molecular flexibility index (Phi) is 11.7. The maximum Gasteiger partial charge on any atom is 0.330 e. The van der Waals surface area contributed by atoms with Crippen LogP contribution in [0.2, 0.25) is 10.0 Å². The lowest BCUT2D eigenvalue weighted by Gasteiger charge is -2.40. The third kappa shape index (κ3) is 7.92. The lowest BCUT2D eigenvalue weighted by Crippen LogP contribution is -2.51. The summed E-state index contributed by atoms with van der Waals surface area (Å²) in [7, 11) is 2.95. The number of anilines is 4. The first-order valence-corrected chi connectivity index (χ1v) is 18.5. The predicted octanol–water partition coefficient (Wildman–Crippen LogP) is 7.74. The number of nitrogens with one attached hydrogen (secondary N) is 3. The van der Waals surface area contributed by atoms with Crippen LogP contribution in [0.5, 0.6) is 11.5 Å². The third-order valence-electron chi connectivity index (χ3n) is 10.4. The van der Waals surface area contributed by atoms with E-state index in [2.05, 4.69) is 22.5 Å². The number of amides is 4. The van der Waals surface area contributed by atoms with Gasteiger partial charge in [0, 0.05) is 42.0 Å². The second kappa shape index (κ2) is 16.4. The lowest BCUT2D eigenvalue weighted by atomic mass is 9.75. The quantitative estimate of drug-likeness (QED) is 0.160. The molecule has 2 aromatic carbocycles. The topological polar surface area (TPSA) is 138 Å². The van der Waals surface area contributed by atoms with Crippen LogP contribution in [0, 0.1) is 11.8 Å². The molecule has 0 saturated heterocycles. The molecule has 1 aliphatic heterocycles. The molecule has 3 aromatic rings. The molecule has 3 atom stereocenters. The molecular formula is C38H45Cl2N7O5. The van der Waals surface area contributed by atoms with E-state index in [0.717, 1.165) is 24.8 Å². The SMILES string of the molecule is C=CC(=O)NC1CCC(C2CCCC2)CC1Nc1ncc2c(n1)N(Cc1cccc(NC(=O)CC)c1)C(=O)N(c1c(Cl)c(OC)cc(OC)c1Cl)C2. The number of hydrogen-bond acceptors (Lipinski definition) is 8. The van der Waals surface area contributed by atoms with E-state index in [0.29, 0.717) is 52.8 Å². The van der Waals surface area contributed by atoms with Gasteiger partial charge < -0.3 is 25.4 Å². The molecular weight excluding hydrogens is 705 g/mol. The molecule has 1 aromatic heterocycles. The van der Waals surface area contributed by atoms with Gasteiger partial charge in [-0.3, -0.25) is 19.4 Å². The molecule has 12 nitrogen and oxygen atoms in total. The van der Waals surface area contributed by atoms with E-state index < -0.39 is 6.03 Å². The van der Waals surface area contributed by atoms with Crippen molar-refractivity contribution in [2.45, 2.75) is 83.5 Å². The summed E-state index contributed by atoms with van der Waals surface area (Å²) >= 11 is 13.6. The van der Waals surface area contributed by atoms with Crippen LogP contribution in [-0.4, -0.2) is 54.1 Å². The Balaban J connectivity index is 1.38. The molecule has 0 spiro atoms. The van der Waals surface area contributed by atoms with Gasteiger partial charge in [0.2, 0.25) is 17.8 Å². The largest absolute Gasteiger partial charge is 0.495 e. The molecule has 4 amide bonds. The molecule has 276 valence electrons. The van der Waals surface area contributed by atoms with Gasteiger partial charge in [0.1, 0.15) is 27.4 Å². The zero-order valence-corrected chi connectivity index (χ0v) is 31.2. The first kappa shape index (κ1) is 37.2. The number of carbonyl (C=O) groups excluding carboxylic acids is 3. The van der Waals surface area contributed by atoms with Crippen molar-refractivity contribution >= 4 is 64.2 Å². The number of rotatable bonds is 12. The van der Waals surface area contributed by atoms with Gasteiger partial charge in [0.25, 0.3) is 0 Å². The van der Waals surface area contributed by atoms with Crippen molar-refractivity contribution in [3.8, 4) is 11.5 Å². The molecule has 52 heavy (non-hydrogen) atoms. The van der Waals surface area contributed by atoms with Gasteiger partial charge in [-0.05, 0) is 54.9 Å². The van der Waals surface area contributed by atoms with E-state index in [1.54, 1.807) is 30.2 Å². The van der Waals surface area contributed by atoms with E-state index in [4.69, 9.17) is 42.6 Å². The highest BCUT2D eigenvalue weighted by Crippen LogP contribution is 2.48. The van der Waals surface area contributed by atoms with Crippen LogP contribution < -0.4 is 35.2 Å². The van der Waals surface area contributed by atoms with Gasteiger partial charge in [-0.25, -0.2) is 9.78 Å². The van der Waals surface area contributed by atoms with Crippen LogP contribution in [0.15, 0.2) is 49.2 Å². The zero-order valence-electron chi connectivity index (χ0n) is 29.7. The van der Waals surface area contributed by atoms with Crippen LogP contribution in [-0.2, 0) is 22.7 Å². The van der Waals surface area contributed by atoms with Gasteiger partial charge in [-0.15, -0.1) is 0 Å². The van der Waals surface area contributed by atoms with Gasteiger partial charge in [-0.1, -0.05) is 74.5 Å². The summed E-state index contributed by atoms with van der Waals surface area (Å²) in [6.45, 7) is 5.60. The summed E-state index contributed by atoms with van der Waals surface area (Å²) in [6, 6.07) is 8.20. The van der Waals surface area contributed by atoms with Crippen molar-refractivity contribution in [2.24, 2.45) is 11.8 Å². The van der Waals surface area contributed by atoms with Gasteiger partial charge in [0.05, 0.1) is 33.0 Å². The molecule has 2 aliphatic carbocycles. The summed E-state index contributed by atoms with van der Waals surface area (Å²) in [4.78, 5) is 52.0. The Morgan fingerprint density at radius 2 is 1.75 bits per heavy atom. The molecule has 3 aliphatic rings. The molecule has 2 fully saturated rings. The van der Waals surface area contributed by atoms with E-state index in [9.17, 15) is 14.4 Å². The normalized spacial score (nSPS) is 20.2. The number of aromatic nitrogens is 2. The number of hydrogen-bond donors (Lipinski definition) is 3. The molecule has 6 rings (SSSR count). The van der Waals surface area contributed by atoms with Crippen molar-refractivity contribution in [1.29, 1.82) is 0 Å². The Labute approximate surface area is 314 Å². The van der Waals surface area contributed by atoms with E-state index in [1.165, 1.54) is 50.9 Å². The van der Waals surface area contributed by atoms with Crippen LogP contribution >= 0.6 is 23.2 Å². The number of benzene rings is 2. The lowest BCUT2D eigenvalue weighted by molar-refractivity contribution is -0.117. The Morgan fingerprint density at radius 1 is 1.02 bits per heavy atom. The average Bonchev–Trinajstić information content (AvgIpc) is 3.70. The number of methoxy groups -OCH3 is 2. The number of ether oxygens (including phenoxy) is 2. The fourth-order valence-electron chi connectivity index (χ4n) is 7.69. The summed E-state index contributed by atoms with van der Waals surface area (Å²) in [5.41, 5.74) is 2.24. The highest BCUT2D eigenvalue weighted by molar-refractivity contribution is 6.42. The maximum absolute atomic E-state index is 14.6. The Morgan fingerprint density at radius 3 is 2.42 bits per heavy atom. The molecule has 2 saturated carbocycles. The summed E-state index contributed by atoms with van der Waals surface area (Å²) in [6.07, 6.45) is 11.1. The Bertz CT molecular complexity index is 1810. The van der Waals surface area contributed by atoms with Crippen LogP contribution in [0.25, 0.3) is 0 Å². The average molecular weight is 751 g/mol. The second-order valence-electron chi connectivity index (χ2n) is 13.5. The third-order valence-corrected chi connectivity index (χ3v) is 11.1. The monoisotopic (exact) mass is 749 g/mol. The minimum Gasteiger partial charge on any atom is -0.495 e. The van der Waals surface area contributed by atoms with Gasteiger partial charge >= 0.3 is 6.03 Å². The van der Waals surface area contributed by atoms with Crippen LogP contribution in [0.4, 0.5) is 27.9 Å². The number of urea groups is 1. The van der Waals surface area contributed by atoms with E-state index in [1.807, 2.05) is 18.2 Å². The first-order valence-electron chi connectivity index (χ1n) is 17.8. The minimum absolute atomic E-state index is 0.0680. The molecule has 0 radical (unpaired) electrons. The smallest absolute Gasteiger partial charge is 0.330 e. The van der Waals surface area contributed by atoms with E-state index >= 15 is 0 Å². The first-order chi connectivity index (χ1) is 25.1. The maximum atomic E-state index is 14.6. The van der Waals surface area contributed by atoms with Crippen LogP contribution in [0.3, 0.4) is 0 Å². The highest BCUT2D eigenvalue weighted by Gasteiger charge is 2.39. The number of nitrogens with zero attached hydrogens (tertiary/aromatic N) is 4. The fourth-order valence-corrected chi connectivity index (χ4v) is 8.40. The van der Waals surface area contributed by atoms with Gasteiger partial charge in [-0.2, -0.15) is 4.98 Å². The van der Waals surface area contributed by atoms with Crippen molar-refractivity contribution < 1.29 is 23.9 Å². The number of carbonyl (C=O) groups is 3. The second-order valence-corrected chi connectivity index (χ2v) is 14.3.